The lowest BCUT2D eigenvalue weighted by Crippen LogP contribution is -2.52. The number of likely N-dealkylation sites (N-methyl/N-ethyl adjacent to an activating group) is 1. The van der Waals surface area contributed by atoms with Crippen LogP contribution in [0.3, 0.4) is 0 Å². The molecule has 1 heterocycles. The van der Waals surface area contributed by atoms with Crippen molar-refractivity contribution in [3.8, 4) is 0 Å². The van der Waals surface area contributed by atoms with Crippen molar-refractivity contribution in [3.63, 3.8) is 0 Å². The number of piperazine rings is 1. The van der Waals surface area contributed by atoms with Gasteiger partial charge in [-0.1, -0.05) is 34.6 Å². The molecule has 0 radical (unpaired) electrons. The van der Waals surface area contributed by atoms with Crippen LogP contribution in [0.15, 0.2) is 0 Å². The van der Waals surface area contributed by atoms with E-state index < -0.39 is 0 Å². The largest absolute Gasteiger partial charge is 0.314 e. The number of ketones is 1. The molecule has 1 unspecified atom stereocenters. The van der Waals surface area contributed by atoms with Gasteiger partial charge in [0.1, 0.15) is 0 Å². The second kappa shape index (κ2) is 10.5. The Bertz CT molecular complexity index is 213. The van der Waals surface area contributed by atoms with Gasteiger partial charge in [-0.3, -0.25) is 9.69 Å². The minimum absolute atomic E-state index is 0.00287. The van der Waals surface area contributed by atoms with E-state index in [1.54, 1.807) is 0 Å². The van der Waals surface area contributed by atoms with Crippen LogP contribution in [-0.4, -0.2) is 56.0 Å². The van der Waals surface area contributed by atoms with Crippen LogP contribution in [-0.2, 0) is 4.79 Å². The number of nitrogens with one attached hydrogen (secondary N) is 2. The molecule has 108 valence electrons. The molecule has 4 nitrogen and oxygen atoms in total. The Kier molecular flexibility index (Phi) is 10.2. The maximum Gasteiger partial charge on any atom is 0.153 e. The molecule has 18 heavy (non-hydrogen) atoms. The highest BCUT2D eigenvalue weighted by molar-refractivity contribution is 5.85. The number of carbonyl (C=O) groups excluding carboxylic acids is 1. The van der Waals surface area contributed by atoms with Crippen LogP contribution in [0.1, 0.15) is 34.6 Å². The third-order valence-corrected chi connectivity index (χ3v) is 3.01. The second-order valence-corrected chi connectivity index (χ2v) is 4.72. The zero-order valence-corrected chi connectivity index (χ0v) is 12.8. The van der Waals surface area contributed by atoms with Gasteiger partial charge in [-0.05, 0) is 6.54 Å². The van der Waals surface area contributed by atoms with Crippen molar-refractivity contribution in [2.24, 2.45) is 5.92 Å². The molecule has 2 N–H and O–H groups in total. The van der Waals surface area contributed by atoms with Crippen molar-refractivity contribution in [3.05, 3.63) is 0 Å². The number of carbonyl (C=O) groups is 1. The van der Waals surface area contributed by atoms with E-state index in [4.69, 9.17) is 0 Å². The minimum Gasteiger partial charge on any atom is -0.314 e. The molecule has 1 aliphatic rings. The SMILES string of the molecule is CC.CCNC(CN1CCNCC1)C(=O)C(C)C. The summed E-state index contributed by atoms with van der Waals surface area (Å²) >= 11 is 0. The average Bonchev–Trinajstić information content (AvgIpc) is 2.41. The number of Topliss-reactive ketones (excluding diaryl/α,β-unsaturated/α-hetero) is 1. The zero-order valence-electron chi connectivity index (χ0n) is 12.8. The van der Waals surface area contributed by atoms with Gasteiger partial charge in [0, 0.05) is 38.6 Å². The summed E-state index contributed by atoms with van der Waals surface area (Å²) in [6.45, 7) is 15.9. The first-order valence-electron chi connectivity index (χ1n) is 7.35. The Morgan fingerprint density at radius 3 is 2.28 bits per heavy atom. The lowest BCUT2D eigenvalue weighted by molar-refractivity contribution is -0.124. The topological polar surface area (TPSA) is 44.4 Å². The summed E-state index contributed by atoms with van der Waals surface area (Å²) in [6, 6.07) is 0.00287. The van der Waals surface area contributed by atoms with Crippen LogP contribution in [0.5, 0.6) is 0 Å². The smallest absolute Gasteiger partial charge is 0.153 e. The van der Waals surface area contributed by atoms with Gasteiger partial charge in [-0.2, -0.15) is 0 Å². The molecule has 1 fully saturated rings. The van der Waals surface area contributed by atoms with Gasteiger partial charge >= 0.3 is 0 Å². The monoisotopic (exact) mass is 257 g/mol. The van der Waals surface area contributed by atoms with Gasteiger partial charge in [0.15, 0.2) is 5.78 Å². The quantitative estimate of drug-likeness (QED) is 0.748. The van der Waals surface area contributed by atoms with E-state index in [9.17, 15) is 4.79 Å². The van der Waals surface area contributed by atoms with Gasteiger partial charge < -0.3 is 10.6 Å². The Hall–Kier alpha value is -0.450. The van der Waals surface area contributed by atoms with E-state index in [1.165, 1.54) is 0 Å². The summed E-state index contributed by atoms with van der Waals surface area (Å²) in [6.07, 6.45) is 0. The Morgan fingerprint density at radius 2 is 1.83 bits per heavy atom. The summed E-state index contributed by atoms with van der Waals surface area (Å²) in [4.78, 5) is 14.4. The van der Waals surface area contributed by atoms with E-state index in [0.717, 1.165) is 39.3 Å². The fourth-order valence-corrected chi connectivity index (χ4v) is 2.06. The van der Waals surface area contributed by atoms with E-state index in [-0.39, 0.29) is 12.0 Å². The molecule has 1 saturated heterocycles. The van der Waals surface area contributed by atoms with Gasteiger partial charge in [-0.15, -0.1) is 0 Å². The minimum atomic E-state index is 0.00287. The number of nitrogens with zero attached hydrogens (tertiary/aromatic N) is 1. The van der Waals surface area contributed by atoms with Crippen LogP contribution in [0.25, 0.3) is 0 Å². The van der Waals surface area contributed by atoms with Crippen molar-refractivity contribution in [1.29, 1.82) is 0 Å². The van der Waals surface area contributed by atoms with E-state index in [0.29, 0.717) is 5.78 Å². The van der Waals surface area contributed by atoms with Crippen LogP contribution in [0, 0.1) is 5.92 Å². The first-order valence-corrected chi connectivity index (χ1v) is 7.35. The van der Waals surface area contributed by atoms with Crippen LogP contribution in [0.2, 0.25) is 0 Å². The van der Waals surface area contributed by atoms with Gasteiger partial charge in [0.2, 0.25) is 0 Å². The molecular formula is C14H31N3O. The van der Waals surface area contributed by atoms with Crippen LogP contribution in [0.4, 0.5) is 0 Å². The molecule has 1 atom stereocenters. The number of hydrogen-bond acceptors (Lipinski definition) is 4. The summed E-state index contributed by atoms with van der Waals surface area (Å²) in [7, 11) is 0. The first kappa shape index (κ1) is 17.6. The zero-order chi connectivity index (χ0) is 14.0. The maximum atomic E-state index is 12.0. The highest BCUT2D eigenvalue weighted by Crippen LogP contribution is 2.03. The van der Waals surface area contributed by atoms with Gasteiger partial charge in [0.05, 0.1) is 6.04 Å². The van der Waals surface area contributed by atoms with Crippen molar-refractivity contribution in [1.82, 2.24) is 15.5 Å². The third-order valence-electron chi connectivity index (χ3n) is 3.01. The van der Waals surface area contributed by atoms with Gasteiger partial charge in [0.25, 0.3) is 0 Å². The summed E-state index contributed by atoms with van der Waals surface area (Å²) in [5.74, 6) is 0.451. The van der Waals surface area contributed by atoms with Gasteiger partial charge in [-0.25, -0.2) is 0 Å². The highest BCUT2D eigenvalue weighted by atomic mass is 16.1. The summed E-state index contributed by atoms with van der Waals surface area (Å²) in [5.41, 5.74) is 0. The van der Waals surface area contributed by atoms with E-state index in [2.05, 4.69) is 22.5 Å². The van der Waals surface area contributed by atoms with Crippen LogP contribution >= 0.6 is 0 Å². The first-order chi connectivity index (χ1) is 8.65. The average molecular weight is 257 g/mol. The highest BCUT2D eigenvalue weighted by Gasteiger charge is 2.23. The lowest BCUT2D eigenvalue weighted by atomic mass is 10.0. The molecule has 0 saturated carbocycles. The van der Waals surface area contributed by atoms with Crippen molar-refractivity contribution < 1.29 is 4.79 Å². The lowest BCUT2D eigenvalue weighted by Gasteiger charge is -2.31. The Morgan fingerprint density at radius 1 is 1.28 bits per heavy atom. The molecule has 0 aliphatic carbocycles. The molecule has 0 aromatic carbocycles. The van der Waals surface area contributed by atoms with E-state index >= 15 is 0 Å². The molecule has 1 rings (SSSR count). The Balaban J connectivity index is 0.00000137. The molecule has 0 amide bonds. The molecule has 0 bridgehead atoms. The standard InChI is InChI=1S/C12H25N3O.C2H6/c1-4-14-11(12(16)10(2)3)9-15-7-5-13-6-8-15;1-2/h10-11,13-14H,4-9H2,1-3H3;1-2H3. The third kappa shape index (κ3) is 6.47. The molecular weight excluding hydrogens is 226 g/mol. The normalized spacial score (nSPS) is 18.1. The molecule has 1 aliphatic heterocycles. The van der Waals surface area contributed by atoms with Crippen molar-refractivity contribution in [2.45, 2.75) is 40.7 Å². The van der Waals surface area contributed by atoms with Crippen LogP contribution < -0.4 is 10.6 Å². The molecule has 0 aromatic rings. The molecule has 0 spiro atoms. The Labute approximate surface area is 113 Å². The summed E-state index contributed by atoms with van der Waals surface area (Å²) < 4.78 is 0. The number of rotatable bonds is 6. The maximum absolute atomic E-state index is 12.0. The second-order valence-electron chi connectivity index (χ2n) is 4.72. The van der Waals surface area contributed by atoms with E-state index in [1.807, 2.05) is 27.7 Å². The fourth-order valence-electron chi connectivity index (χ4n) is 2.06. The fraction of sp³-hybridized carbons (Fsp3) is 0.929. The molecule has 4 heteroatoms. The summed E-state index contributed by atoms with van der Waals surface area (Å²) in [5, 5.41) is 6.62. The molecule has 0 aromatic heterocycles. The number of hydrogen-bond donors (Lipinski definition) is 2. The predicted molar refractivity (Wildman–Crippen MR) is 78.0 cm³/mol. The predicted octanol–water partition coefficient (Wildman–Crippen LogP) is 1.12. The van der Waals surface area contributed by atoms with Crippen molar-refractivity contribution >= 4 is 5.78 Å². The van der Waals surface area contributed by atoms with Crippen molar-refractivity contribution in [2.75, 3.05) is 39.3 Å².